The number of aliphatic hydroxyl groups excluding tert-OH is 1. The van der Waals surface area contributed by atoms with Gasteiger partial charge in [-0.05, 0) is 24.0 Å². The van der Waals surface area contributed by atoms with Crippen molar-refractivity contribution in [1.82, 2.24) is 5.32 Å². The predicted molar refractivity (Wildman–Crippen MR) is 71.1 cm³/mol. The Morgan fingerprint density at radius 2 is 2.12 bits per heavy atom. The molecule has 0 aliphatic rings. The van der Waals surface area contributed by atoms with Crippen molar-refractivity contribution < 1.29 is 5.11 Å². The van der Waals surface area contributed by atoms with Crippen molar-refractivity contribution in [2.24, 2.45) is 5.41 Å². The van der Waals surface area contributed by atoms with Gasteiger partial charge in [0.2, 0.25) is 0 Å². The smallest absolute Gasteiger partial charge is 0.0931 e. The zero-order valence-corrected chi connectivity index (χ0v) is 11.7. The van der Waals surface area contributed by atoms with E-state index in [1.807, 2.05) is 12.1 Å². The molecule has 0 saturated heterocycles. The van der Waals surface area contributed by atoms with Gasteiger partial charge in [0, 0.05) is 18.0 Å². The number of hydrogen-bond acceptors (Lipinski definition) is 3. The molecule has 1 atom stereocenters. The lowest BCUT2D eigenvalue weighted by Crippen LogP contribution is -2.29. The molecule has 0 aliphatic carbocycles. The van der Waals surface area contributed by atoms with Gasteiger partial charge in [-0.2, -0.15) is 0 Å². The van der Waals surface area contributed by atoms with Crippen LogP contribution in [0, 0.1) is 5.41 Å². The second kappa shape index (κ2) is 6.01. The molecule has 4 heteroatoms. The molecule has 0 spiro atoms. The Labute approximate surface area is 107 Å². The van der Waals surface area contributed by atoms with Crippen molar-refractivity contribution in [3.8, 4) is 0 Å². The first-order valence-corrected chi connectivity index (χ1v) is 6.69. The third-order valence-electron chi connectivity index (χ3n) is 2.16. The summed E-state index contributed by atoms with van der Waals surface area (Å²) in [6, 6.07) is 3.91. The molecule has 0 bridgehead atoms. The lowest BCUT2D eigenvalue weighted by Gasteiger charge is -2.22. The summed E-state index contributed by atoms with van der Waals surface area (Å²) in [5.74, 6) is 0. The molecule has 1 heterocycles. The molecule has 0 radical (unpaired) electrons. The predicted octanol–water partition coefficient (Wildman–Crippen LogP) is 3.29. The molecule has 0 aliphatic heterocycles. The van der Waals surface area contributed by atoms with Crippen molar-refractivity contribution in [2.75, 3.05) is 6.54 Å². The largest absolute Gasteiger partial charge is 0.392 e. The van der Waals surface area contributed by atoms with E-state index < -0.39 is 0 Å². The highest BCUT2D eigenvalue weighted by molar-refractivity contribution is 7.16. The molecule has 1 rings (SSSR count). The molecule has 0 saturated carbocycles. The highest BCUT2D eigenvalue weighted by atomic mass is 35.5. The molecule has 1 aromatic rings. The summed E-state index contributed by atoms with van der Waals surface area (Å²) < 4.78 is 0.812. The van der Waals surface area contributed by atoms with Crippen molar-refractivity contribution in [2.45, 2.75) is 39.8 Å². The van der Waals surface area contributed by atoms with Crippen LogP contribution in [0.3, 0.4) is 0 Å². The number of halogens is 1. The van der Waals surface area contributed by atoms with Crippen molar-refractivity contribution >= 4 is 22.9 Å². The third-order valence-corrected chi connectivity index (χ3v) is 3.39. The number of nitrogens with one attached hydrogen (secondary N) is 1. The minimum Gasteiger partial charge on any atom is -0.392 e. The van der Waals surface area contributed by atoms with Crippen LogP contribution >= 0.6 is 22.9 Å². The van der Waals surface area contributed by atoms with E-state index in [-0.39, 0.29) is 11.5 Å². The Bertz CT molecular complexity index is 319. The van der Waals surface area contributed by atoms with Gasteiger partial charge in [-0.1, -0.05) is 32.4 Å². The minimum absolute atomic E-state index is 0.174. The van der Waals surface area contributed by atoms with E-state index in [0.717, 1.165) is 17.3 Å². The first-order chi connectivity index (χ1) is 7.37. The molecule has 16 heavy (non-hydrogen) atoms. The van der Waals surface area contributed by atoms with Crippen LogP contribution in [0.4, 0.5) is 0 Å². The normalized spacial score (nSPS) is 14.1. The van der Waals surface area contributed by atoms with Gasteiger partial charge in [0.15, 0.2) is 0 Å². The first kappa shape index (κ1) is 14.0. The molecule has 2 N–H and O–H groups in total. The molecule has 0 aromatic carbocycles. The summed E-state index contributed by atoms with van der Waals surface area (Å²) in [5, 5.41) is 13.0. The third kappa shape index (κ3) is 5.85. The number of rotatable bonds is 5. The summed E-state index contributed by atoms with van der Waals surface area (Å²) >= 11 is 7.40. The Balaban J connectivity index is 2.20. The van der Waals surface area contributed by atoms with E-state index in [1.54, 1.807) is 11.3 Å². The minimum atomic E-state index is -0.282. The summed E-state index contributed by atoms with van der Waals surface area (Å²) in [6.45, 7) is 7.81. The SMILES string of the molecule is CC(C)(C)CC(O)CNCc1ccc(Cl)s1. The maximum Gasteiger partial charge on any atom is 0.0931 e. The van der Waals surface area contributed by atoms with E-state index in [1.165, 1.54) is 4.88 Å². The van der Waals surface area contributed by atoms with E-state index in [2.05, 4.69) is 26.1 Å². The maximum atomic E-state index is 9.78. The fraction of sp³-hybridized carbons (Fsp3) is 0.667. The van der Waals surface area contributed by atoms with Crippen LogP contribution in [0.1, 0.15) is 32.1 Å². The monoisotopic (exact) mass is 261 g/mol. The summed E-state index contributed by atoms with van der Waals surface area (Å²) in [6.07, 6.45) is 0.529. The zero-order chi connectivity index (χ0) is 12.2. The van der Waals surface area contributed by atoms with Crippen LogP contribution in [0.2, 0.25) is 4.34 Å². The lowest BCUT2D eigenvalue weighted by molar-refractivity contribution is 0.119. The Hall–Kier alpha value is -0.0900. The summed E-state index contributed by atoms with van der Waals surface area (Å²) in [7, 11) is 0. The molecule has 92 valence electrons. The number of aliphatic hydroxyl groups is 1. The highest BCUT2D eigenvalue weighted by Gasteiger charge is 2.16. The van der Waals surface area contributed by atoms with Crippen molar-refractivity contribution in [1.29, 1.82) is 0 Å². The van der Waals surface area contributed by atoms with Gasteiger partial charge < -0.3 is 10.4 Å². The quantitative estimate of drug-likeness (QED) is 0.853. The van der Waals surface area contributed by atoms with Gasteiger partial charge in [0.05, 0.1) is 10.4 Å². The number of hydrogen-bond donors (Lipinski definition) is 2. The van der Waals surface area contributed by atoms with Crippen molar-refractivity contribution in [3.63, 3.8) is 0 Å². The van der Waals surface area contributed by atoms with Crippen LogP contribution in [-0.4, -0.2) is 17.8 Å². The fourth-order valence-corrected chi connectivity index (χ4v) is 2.64. The Kier molecular flexibility index (Phi) is 5.25. The van der Waals surface area contributed by atoms with Gasteiger partial charge in [-0.25, -0.2) is 0 Å². The summed E-state index contributed by atoms with van der Waals surface area (Å²) in [4.78, 5) is 1.20. The van der Waals surface area contributed by atoms with E-state index in [9.17, 15) is 5.11 Å². The molecule has 1 unspecified atom stereocenters. The van der Waals surface area contributed by atoms with Gasteiger partial charge in [0.25, 0.3) is 0 Å². The van der Waals surface area contributed by atoms with Gasteiger partial charge in [-0.3, -0.25) is 0 Å². The van der Waals surface area contributed by atoms with E-state index >= 15 is 0 Å². The van der Waals surface area contributed by atoms with E-state index in [0.29, 0.717) is 6.54 Å². The fourth-order valence-electron chi connectivity index (χ4n) is 1.59. The molecular formula is C12H20ClNOS. The van der Waals surface area contributed by atoms with E-state index in [4.69, 9.17) is 11.6 Å². The van der Waals surface area contributed by atoms with Crippen LogP contribution in [0.15, 0.2) is 12.1 Å². The molecule has 0 fully saturated rings. The maximum absolute atomic E-state index is 9.78. The first-order valence-electron chi connectivity index (χ1n) is 5.50. The van der Waals surface area contributed by atoms with Crippen molar-refractivity contribution in [3.05, 3.63) is 21.3 Å². The molecule has 1 aromatic heterocycles. The molecule has 0 amide bonds. The van der Waals surface area contributed by atoms with Gasteiger partial charge in [-0.15, -0.1) is 11.3 Å². The zero-order valence-electron chi connectivity index (χ0n) is 10.1. The molecular weight excluding hydrogens is 242 g/mol. The van der Waals surface area contributed by atoms with Crippen LogP contribution in [-0.2, 0) is 6.54 Å². The van der Waals surface area contributed by atoms with Gasteiger partial charge >= 0.3 is 0 Å². The lowest BCUT2D eigenvalue weighted by atomic mass is 9.89. The average Bonchev–Trinajstić information content (AvgIpc) is 2.48. The standard InChI is InChI=1S/C12H20ClNOS/c1-12(2,3)6-9(15)7-14-8-10-4-5-11(13)16-10/h4-5,9,14-15H,6-8H2,1-3H3. The topological polar surface area (TPSA) is 32.3 Å². The average molecular weight is 262 g/mol. The van der Waals surface area contributed by atoms with Crippen LogP contribution in [0.25, 0.3) is 0 Å². The van der Waals surface area contributed by atoms with Crippen LogP contribution < -0.4 is 5.32 Å². The number of thiophene rings is 1. The second-order valence-corrected chi connectivity index (χ2v) is 7.05. The van der Waals surface area contributed by atoms with Crippen LogP contribution in [0.5, 0.6) is 0 Å². The second-order valence-electron chi connectivity index (χ2n) is 5.26. The molecule has 2 nitrogen and oxygen atoms in total. The Morgan fingerprint density at radius 1 is 1.44 bits per heavy atom. The summed E-state index contributed by atoms with van der Waals surface area (Å²) in [5.41, 5.74) is 0.174. The Morgan fingerprint density at radius 3 is 2.62 bits per heavy atom. The van der Waals surface area contributed by atoms with Gasteiger partial charge in [0.1, 0.15) is 0 Å². The highest BCUT2D eigenvalue weighted by Crippen LogP contribution is 2.22.